The molecule has 6 heteroatoms. The molecule has 28 heavy (non-hydrogen) atoms. The van der Waals surface area contributed by atoms with E-state index in [9.17, 15) is 19.5 Å². The highest BCUT2D eigenvalue weighted by Gasteiger charge is 2.54. The molecule has 2 aromatic carbocycles. The highest BCUT2D eigenvalue weighted by molar-refractivity contribution is 6.06. The highest BCUT2D eigenvalue weighted by Crippen LogP contribution is 2.28. The highest BCUT2D eigenvalue weighted by atomic mass is 16.6. The Bertz CT molecular complexity index is 825. The van der Waals surface area contributed by atoms with Gasteiger partial charge in [-0.05, 0) is 43.9 Å². The lowest BCUT2D eigenvalue weighted by molar-refractivity contribution is -0.185. The zero-order chi connectivity index (χ0) is 20.7. The Morgan fingerprint density at radius 1 is 1.04 bits per heavy atom. The van der Waals surface area contributed by atoms with E-state index < -0.39 is 23.5 Å². The van der Waals surface area contributed by atoms with Crippen molar-refractivity contribution in [3.63, 3.8) is 0 Å². The van der Waals surface area contributed by atoms with Gasteiger partial charge in [0.05, 0.1) is 12.5 Å². The number of ether oxygens (including phenoxy) is 2. The maximum absolute atomic E-state index is 12.9. The van der Waals surface area contributed by atoms with E-state index in [0.29, 0.717) is 23.0 Å². The average Bonchev–Trinajstić information content (AvgIpc) is 2.69. The lowest BCUT2D eigenvalue weighted by Gasteiger charge is -2.29. The Morgan fingerprint density at radius 3 is 2.18 bits per heavy atom. The van der Waals surface area contributed by atoms with Crippen molar-refractivity contribution in [2.45, 2.75) is 32.8 Å². The molecule has 0 unspecified atom stereocenters. The average molecular weight is 384 g/mol. The van der Waals surface area contributed by atoms with Gasteiger partial charge < -0.3 is 19.4 Å². The molecule has 0 spiro atoms. The monoisotopic (exact) mass is 384 g/mol. The number of carbonyl (C=O) groups excluding carboxylic acids is 3. The van der Waals surface area contributed by atoms with Gasteiger partial charge in [0.25, 0.3) is 5.60 Å². The fraction of sp³-hybridized carbons (Fsp3) is 0.318. The Balaban J connectivity index is 2.42. The third-order valence-electron chi connectivity index (χ3n) is 4.50. The molecule has 0 bridgehead atoms. The molecule has 0 aliphatic carbocycles. The molecule has 0 amide bonds. The summed E-state index contributed by atoms with van der Waals surface area (Å²) in [4.78, 5) is 37.2. The number of rotatable bonds is 8. The van der Waals surface area contributed by atoms with Gasteiger partial charge in [0.2, 0.25) is 0 Å². The Hall–Kier alpha value is -2.99. The van der Waals surface area contributed by atoms with Crippen molar-refractivity contribution in [3.8, 4) is 5.75 Å². The van der Waals surface area contributed by atoms with Crippen LogP contribution in [-0.2, 0) is 25.5 Å². The molecule has 2 rings (SSSR count). The van der Waals surface area contributed by atoms with Crippen molar-refractivity contribution in [3.05, 3.63) is 65.2 Å². The van der Waals surface area contributed by atoms with Gasteiger partial charge in [0, 0.05) is 0 Å². The molecule has 2 aromatic rings. The van der Waals surface area contributed by atoms with Crippen LogP contribution in [-0.4, -0.2) is 35.5 Å². The SMILES string of the molecule is CCOC(=O)[C@](O)(C(=O)Oc1c(C)cccc1C)[C@@H](C=O)Cc1ccccc1. The quantitative estimate of drug-likeness (QED) is 0.326. The molecular weight excluding hydrogens is 360 g/mol. The van der Waals surface area contributed by atoms with Gasteiger partial charge in [-0.2, -0.15) is 0 Å². The first-order chi connectivity index (χ1) is 13.3. The molecule has 6 nitrogen and oxygen atoms in total. The molecule has 0 fully saturated rings. The summed E-state index contributed by atoms with van der Waals surface area (Å²) in [5.41, 5.74) is -0.764. The van der Waals surface area contributed by atoms with Crippen LogP contribution in [0.3, 0.4) is 0 Å². The smallest absolute Gasteiger partial charge is 0.356 e. The fourth-order valence-corrected chi connectivity index (χ4v) is 2.92. The van der Waals surface area contributed by atoms with Gasteiger partial charge in [-0.25, -0.2) is 9.59 Å². The number of para-hydroxylation sites is 1. The van der Waals surface area contributed by atoms with Crippen LogP contribution in [0.15, 0.2) is 48.5 Å². The number of aryl methyl sites for hydroxylation is 2. The van der Waals surface area contributed by atoms with Gasteiger partial charge >= 0.3 is 11.9 Å². The molecule has 0 aliphatic heterocycles. The van der Waals surface area contributed by atoms with Gasteiger partial charge in [-0.1, -0.05) is 48.5 Å². The van der Waals surface area contributed by atoms with Crippen LogP contribution in [0, 0.1) is 19.8 Å². The van der Waals surface area contributed by atoms with E-state index in [0.717, 1.165) is 0 Å². The molecule has 1 N–H and O–H groups in total. The lowest BCUT2D eigenvalue weighted by Crippen LogP contribution is -2.57. The van der Waals surface area contributed by atoms with Crippen molar-refractivity contribution in [2.75, 3.05) is 6.61 Å². The summed E-state index contributed by atoms with van der Waals surface area (Å²) in [5.74, 6) is -3.58. The van der Waals surface area contributed by atoms with Gasteiger partial charge in [-0.3, -0.25) is 0 Å². The topological polar surface area (TPSA) is 89.9 Å². The summed E-state index contributed by atoms with van der Waals surface area (Å²) >= 11 is 0. The molecule has 0 saturated carbocycles. The van der Waals surface area contributed by atoms with E-state index in [4.69, 9.17) is 9.47 Å². The van der Waals surface area contributed by atoms with E-state index in [2.05, 4.69) is 0 Å². The number of esters is 2. The minimum absolute atomic E-state index is 0.0263. The van der Waals surface area contributed by atoms with Crippen LogP contribution in [0.25, 0.3) is 0 Å². The number of hydrogen-bond acceptors (Lipinski definition) is 6. The van der Waals surface area contributed by atoms with Gasteiger partial charge in [0.1, 0.15) is 12.0 Å². The zero-order valence-electron chi connectivity index (χ0n) is 16.2. The van der Waals surface area contributed by atoms with Crippen LogP contribution in [0.1, 0.15) is 23.6 Å². The zero-order valence-corrected chi connectivity index (χ0v) is 16.2. The van der Waals surface area contributed by atoms with E-state index in [1.54, 1.807) is 69.3 Å². The summed E-state index contributed by atoms with van der Waals surface area (Å²) in [6, 6.07) is 14.1. The van der Waals surface area contributed by atoms with E-state index in [1.165, 1.54) is 0 Å². The normalized spacial score (nSPS) is 13.9. The predicted molar refractivity (Wildman–Crippen MR) is 103 cm³/mol. The maximum atomic E-state index is 12.9. The molecule has 0 radical (unpaired) electrons. The van der Waals surface area contributed by atoms with Gasteiger partial charge in [-0.15, -0.1) is 0 Å². The number of benzene rings is 2. The van der Waals surface area contributed by atoms with Crippen molar-refractivity contribution in [1.29, 1.82) is 0 Å². The first kappa shape index (κ1) is 21.3. The Kier molecular flexibility index (Phi) is 7.06. The minimum Gasteiger partial charge on any atom is -0.463 e. The maximum Gasteiger partial charge on any atom is 0.356 e. The third-order valence-corrected chi connectivity index (χ3v) is 4.50. The van der Waals surface area contributed by atoms with E-state index >= 15 is 0 Å². The van der Waals surface area contributed by atoms with E-state index in [1.807, 2.05) is 0 Å². The molecule has 2 atom stereocenters. The first-order valence-electron chi connectivity index (χ1n) is 9.01. The lowest BCUT2D eigenvalue weighted by atomic mass is 9.83. The largest absolute Gasteiger partial charge is 0.463 e. The molecule has 148 valence electrons. The second kappa shape index (κ2) is 9.28. The van der Waals surface area contributed by atoms with Crippen LogP contribution >= 0.6 is 0 Å². The second-order valence-electron chi connectivity index (χ2n) is 6.53. The first-order valence-corrected chi connectivity index (χ1v) is 9.01. The summed E-state index contributed by atoms with van der Waals surface area (Å²) in [6.07, 6.45) is 0.359. The second-order valence-corrected chi connectivity index (χ2v) is 6.53. The number of carbonyl (C=O) groups is 3. The summed E-state index contributed by atoms with van der Waals surface area (Å²) < 4.78 is 10.3. The molecular formula is C22H24O6. The van der Waals surface area contributed by atoms with Crippen LogP contribution in [0.5, 0.6) is 5.75 Å². The third kappa shape index (κ3) is 4.46. The summed E-state index contributed by atoms with van der Waals surface area (Å²) in [5, 5.41) is 11.1. The van der Waals surface area contributed by atoms with Crippen molar-refractivity contribution in [1.82, 2.24) is 0 Å². The number of aldehydes is 1. The van der Waals surface area contributed by atoms with Crippen LogP contribution in [0.4, 0.5) is 0 Å². The van der Waals surface area contributed by atoms with Crippen molar-refractivity contribution in [2.24, 2.45) is 5.92 Å². The summed E-state index contributed by atoms with van der Waals surface area (Å²) in [7, 11) is 0. The van der Waals surface area contributed by atoms with Crippen LogP contribution in [0.2, 0.25) is 0 Å². The predicted octanol–water partition coefficient (Wildman–Crippen LogP) is 2.56. The summed E-state index contributed by atoms with van der Waals surface area (Å²) in [6.45, 7) is 4.96. The minimum atomic E-state index is -2.76. The standard InChI is InChI=1S/C22H24O6/c1-4-27-20(24)22(26,18(14-23)13-17-11-6-5-7-12-17)21(25)28-19-15(2)9-8-10-16(19)3/h5-12,14,18,26H,4,13H2,1-3H3/t18-,22+/m1/s1. The molecule has 0 aliphatic rings. The van der Waals surface area contributed by atoms with Gasteiger partial charge in [0.15, 0.2) is 0 Å². The molecule has 0 saturated heterocycles. The Morgan fingerprint density at radius 2 is 1.64 bits per heavy atom. The van der Waals surface area contributed by atoms with Crippen molar-refractivity contribution < 1.29 is 29.0 Å². The Labute approximate surface area is 164 Å². The fourth-order valence-electron chi connectivity index (χ4n) is 2.92. The molecule has 0 aromatic heterocycles. The van der Waals surface area contributed by atoms with Crippen molar-refractivity contribution >= 4 is 18.2 Å². The van der Waals surface area contributed by atoms with Crippen LogP contribution < -0.4 is 4.74 Å². The number of hydrogen-bond donors (Lipinski definition) is 1. The number of aliphatic hydroxyl groups is 1. The molecule has 0 heterocycles. The van der Waals surface area contributed by atoms with E-state index in [-0.39, 0.29) is 18.8 Å².